The largest absolute Gasteiger partial charge is 0.493 e. The summed E-state index contributed by atoms with van der Waals surface area (Å²) in [5.74, 6) is 0.838. The van der Waals surface area contributed by atoms with Crippen LogP contribution < -0.4 is 4.74 Å². The van der Waals surface area contributed by atoms with Crippen molar-refractivity contribution >= 4 is 17.4 Å². The number of carbonyl (C=O) groups is 1. The van der Waals surface area contributed by atoms with E-state index in [0.29, 0.717) is 11.6 Å². The molecule has 0 radical (unpaired) electrons. The fourth-order valence-electron chi connectivity index (χ4n) is 1.98. The third-order valence-electron chi connectivity index (χ3n) is 3.36. The summed E-state index contributed by atoms with van der Waals surface area (Å²) in [5.41, 5.74) is 1.15. The van der Waals surface area contributed by atoms with Crippen LogP contribution in [0.3, 0.4) is 0 Å². The van der Waals surface area contributed by atoms with E-state index < -0.39 is 5.60 Å². The summed E-state index contributed by atoms with van der Waals surface area (Å²) >= 11 is 6.06. The van der Waals surface area contributed by atoms with Crippen LogP contribution in [0.4, 0.5) is 0 Å². The molecule has 1 aromatic rings. The smallest absolute Gasteiger partial charge is 0.168 e. The molecule has 1 aromatic carbocycles. The number of halogens is 1. The number of carbonyl (C=O) groups excluding carboxylic acids is 1. The van der Waals surface area contributed by atoms with Crippen molar-refractivity contribution in [2.45, 2.75) is 32.3 Å². The van der Waals surface area contributed by atoms with Crippen LogP contribution in [0.25, 0.3) is 0 Å². The van der Waals surface area contributed by atoms with Crippen molar-refractivity contribution < 1.29 is 14.3 Å². The lowest BCUT2D eigenvalue weighted by molar-refractivity contribution is -0.136. The van der Waals surface area contributed by atoms with Crippen LogP contribution >= 0.6 is 11.6 Å². The van der Waals surface area contributed by atoms with E-state index in [1.807, 2.05) is 6.07 Å². The Hall–Kier alpha value is -1.06. The fraction of sp³-hybridized carbons (Fsp3) is 0.500. The molecule has 0 fully saturated rings. The average molecular weight is 269 g/mol. The summed E-state index contributed by atoms with van der Waals surface area (Å²) in [4.78, 5) is 12.2. The van der Waals surface area contributed by atoms with Gasteiger partial charge in [0, 0.05) is 30.5 Å². The van der Waals surface area contributed by atoms with Gasteiger partial charge in [0.2, 0.25) is 0 Å². The summed E-state index contributed by atoms with van der Waals surface area (Å²) in [6.45, 7) is 4.19. The number of hydrogen-bond donors (Lipinski definition) is 0. The monoisotopic (exact) mass is 268 g/mol. The highest BCUT2D eigenvalue weighted by molar-refractivity contribution is 6.30. The molecule has 1 heterocycles. The minimum Gasteiger partial charge on any atom is -0.493 e. The molecule has 1 aliphatic rings. The lowest BCUT2D eigenvalue weighted by Crippen LogP contribution is -2.35. The maximum absolute atomic E-state index is 12.2. The second-order valence-corrected chi connectivity index (χ2v) is 5.40. The number of Topliss-reactive ketones (excluding diaryl/α,β-unsaturated/α-hetero) is 1. The first-order valence-electron chi connectivity index (χ1n) is 5.96. The van der Waals surface area contributed by atoms with Crippen LogP contribution in [0.15, 0.2) is 12.1 Å². The minimum absolute atomic E-state index is 0.0185. The SMILES string of the molecule is COC(C)(C)C(=O)Cc1cc(Cl)cc2c1OCC2. The van der Waals surface area contributed by atoms with Crippen LogP contribution in [-0.2, 0) is 22.4 Å². The van der Waals surface area contributed by atoms with E-state index in [2.05, 4.69) is 0 Å². The molecule has 0 N–H and O–H groups in total. The number of ether oxygens (including phenoxy) is 2. The lowest BCUT2D eigenvalue weighted by atomic mass is 9.95. The number of fused-ring (bicyclic) bond motifs is 1. The van der Waals surface area contributed by atoms with Crippen molar-refractivity contribution in [2.24, 2.45) is 0 Å². The van der Waals surface area contributed by atoms with Gasteiger partial charge in [-0.1, -0.05) is 11.6 Å². The molecule has 0 unspecified atom stereocenters. The van der Waals surface area contributed by atoms with Gasteiger partial charge < -0.3 is 9.47 Å². The Morgan fingerprint density at radius 3 is 2.89 bits per heavy atom. The number of ketones is 1. The summed E-state index contributed by atoms with van der Waals surface area (Å²) in [6, 6.07) is 3.70. The van der Waals surface area contributed by atoms with E-state index in [9.17, 15) is 4.79 Å². The summed E-state index contributed by atoms with van der Waals surface area (Å²) < 4.78 is 10.8. The Morgan fingerprint density at radius 2 is 2.22 bits per heavy atom. The molecule has 0 spiro atoms. The number of hydrogen-bond acceptors (Lipinski definition) is 3. The molecule has 0 amide bonds. The molecular weight excluding hydrogens is 252 g/mol. The molecule has 0 aromatic heterocycles. The van der Waals surface area contributed by atoms with E-state index in [1.165, 1.54) is 7.11 Å². The molecule has 0 saturated heterocycles. The molecule has 2 rings (SSSR count). The van der Waals surface area contributed by atoms with Crippen molar-refractivity contribution in [1.29, 1.82) is 0 Å². The Bertz CT molecular complexity index is 480. The first-order valence-corrected chi connectivity index (χ1v) is 6.34. The zero-order chi connectivity index (χ0) is 13.3. The zero-order valence-electron chi connectivity index (χ0n) is 10.9. The Kier molecular flexibility index (Phi) is 3.64. The van der Waals surface area contributed by atoms with Crippen molar-refractivity contribution in [3.05, 3.63) is 28.3 Å². The summed E-state index contributed by atoms with van der Waals surface area (Å²) in [7, 11) is 1.54. The molecular formula is C14H17ClO3. The van der Waals surface area contributed by atoms with Gasteiger partial charge in [0.25, 0.3) is 0 Å². The standard InChI is InChI=1S/C14H17ClO3/c1-14(2,17-3)12(16)8-10-7-11(15)6-9-4-5-18-13(9)10/h6-7H,4-5,8H2,1-3H3. The Balaban J connectivity index is 2.28. The van der Waals surface area contributed by atoms with Gasteiger partial charge in [-0.05, 0) is 31.5 Å². The molecule has 0 aliphatic carbocycles. The Labute approximate surface area is 112 Å². The van der Waals surface area contributed by atoms with Gasteiger partial charge in [-0.2, -0.15) is 0 Å². The highest BCUT2D eigenvalue weighted by Gasteiger charge is 2.29. The number of methoxy groups -OCH3 is 1. The highest BCUT2D eigenvalue weighted by atomic mass is 35.5. The molecule has 0 atom stereocenters. The molecule has 0 bridgehead atoms. The average Bonchev–Trinajstić information content (AvgIpc) is 2.76. The second kappa shape index (κ2) is 4.90. The quantitative estimate of drug-likeness (QED) is 0.842. The van der Waals surface area contributed by atoms with E-state index in [4.69, 9.17) is 21.1 Å². The van der Waals surface area contributed by atoms with Gasteiger partial charge in [-0.25, -0.2) is 0 Å². The predicted octanol–water partition coefficient (Wildman–Crippen LogP) is 2.81. The van der Waals surface area contributed by atoms with Gasteiger partial charge in [0.05, 0.1) is 6.61 Å². The van der Waals surface area contributed by atoms with Crippen LogP contribution in [-0.4, -0.2) is 25.1 Å². The van der Waals surface area contributed by atoms with Crippen molar-refractivity contribution in [2.75, 3.05) is 13.7 Å². The summed E-state index contributed by atoms with van der Waals surface area (Å²) in [6.07, 6.45) is 1.13. The Morgan fingerprint density at radius 1 is 1.50 bits per heavy atom. The van der Waals surface area contributed by atoms with E-state index in [-0.39, 0.29) is 12.2 Å². The van der Waals surface area contributed by atoms with Crippen molar-refractivity contribution in [3.8, 4) is 5.75 Å². The fourth-order valence-corrected chi connectivity index (χ4v) is 2.24. The zero-order valence-corrected chi connectivity index (χ0v) is 11.6. The maximum atomic E-state index is 12.2. The van der Waals surface area contributed by atoms with Gasteiger partial charge >= 0.3 is 0 Å². The molecule has 0 saturated carbocycles. The molecule has 98 valence electrons. The topological polar surface area (TPSA) is 35.5 Å². The third kappa shape index (κ3) is 2.52. The molecule has 1 aliphatic heterocycles. The first kappa shape index (κ1) is 13.4. The molecule has 4 heteroatoms. The predicted molar refractivity (Wildman–Crippen MR) is 70.5 cm³/mol. The van der Waals surface area contributed by atoms with Crippen LogP contribution in [0, 0.1) is 0 Å². The summed E-state index contributed by atoms with van der Waals surface area (Å²) in [5, 5.41) is 0.650. The van der Waals surface area contributed by atoms with Gasteiger partial charge in [-0.15, -0.1) is 0 Å². The van der Waals surface area contributed by atoms with Gasteiger partial charge in [0.15, 0.2) is 5.78 Å². The van der Waals surface area contributed by atoms with Crippen LogP contribution in [0.2, 0.25) is 5.02 Å². The lowest BCUT2D eigenvalue weighted by Gasteiger charge is -2.21. The number of benzene rings is 1. The van der Waals surface area contributed by atoms with E-state index in [0.717, 1.165) is 23.3 Å². The van der Waals surface area contributed by atoms with Gasteiger partial charge in [-0.3, -0.25) is 4.79 Å². The third-order valence-corrected chi connectivity index (χ3v) is 3.58. The second-order valence-electron chi connectivity index (χ2n) is 4.97. The maximum Gasteiger partial charge on any atom is 0.168 e. The first-order chi connectivity index (χ1) is 8.44. The molecule has 18 heavy (non-hydrogen) atoms. The van der Waals surface area contributed by atoms with Crippen LogP contribution in [0.1, 0.15) is 25.0 Å². The van der Waals surface area contributed by atoms with Gasteiger partial charge in [0.1, 0.15) is 11.4 Å². The highest BCUT2D eigenvalue weighted by Crippen LogP contribution is 2.33. The van der Waals surface area contributed by atoms with Crippen molar-refractivity contribution in [3.63, 3.8) is 0 Å². The minimum atomic E-state index is -0.784. The van der Waals surface area contributed by atoms with Crippen LogP contribution in [0.5, 0.6) is 5.75 Å². The van der Waals surface area contributed by atoms with Crippen molar-refractivity contribution in [1.82, 2.24) is 0 Å². The van der Waals surface area contributed by atoms with E-state index >= 15 is 0 Å². The van der Waals surface area contributed by atoms with E-state index in [1.54, 1.807) is 19.9 Å². The normalized spacial score (nSPS) is 14.2. The molecule has 3 nitrogen and oxygen atoms in total. The number of rotatable bonds is 4.